The number of aliphatic imine (C=N–C) groups is 1. The summed E-state index contributed by atoms with van der Waals surface area (Å²) >= 11 is 0. The molecule has 8 heteroatoms. The third-order valence-electron chi connectivity index (χ3n) is 4.39. The van der Waals surface area contributed by atoms with Crippen molar-refractivity contribution in [1.29, 1.82) is 0 Å². The Morgan fingerprint density at radius 3 is 2.69 bits per heavy atom. The zero-order valence-corrected chi connectivity index (χ0v) is 16.3. The summed E-state index contributed by atoms with van der Waals surface area (Å²) in [7, 11) is -1.57. The van der Waals surface area contributed by atoms with Crippen LogP contribution in [0.3, 0.4) is 0 Å². The van der Waals surface area contributed by atoms with E-state index in [1.165, 1.54) is 0 Å². The van der Waals surface area contributed by atoms with E-state index in [2.05, 4.69) is 15.6 Å². The highest BCUT2D eigenvalue weighted by Gasteiger charge is 2.25. The molecule has 0 aromatic heterocycles. The summed E-state index contributed by atoms with van der Waals surface area (Å²) in [5.41, 5.74) is 0. The Balaban J connectivity index is 1.74. The van der Waals surface area contributed by atoms with Gasteiger partial charge >= 0.3 is 0 Å². The average Bonchev–Trinajstić information content (AvgIpc) is 3.12. The number of amides is 1. The molecule has 1 aliphatic rings. The summed E-state index contributed by atoms with van der Waals surface area (Å²) in [5.74, 6) is 0.893. The van der Waals surface area contributed by atoms with Gasteiger partial charge in [0.15, 0.2) is 15.8 Å². The second-order valence-corrected chi connectivity index (χ2v) is 8.42. The minimum Gasteiger partial charge on any atom is -0.356 e. The van der Waals surface area contributed by atoms with Crippen molar-refractivity contribution in [3.8, 4) is 0 Å². The minimum absolute atomic E-state index is 0.0865. The topological polar surface area (TPSA) is 90.9 Å². The number of rotatable bonds is 7. The fourth-order valence-electron chi connectivity index (χ4n) is 2.93. The molecule has 1 aromatic carbocycles. The number of guanidine groups is 1. The standard InChI is InChI=1S/C18H28N4O3S/c1-3-17(23)22-12-10-15(14-22)21-18(19-2)20-11-7-13-26(24,25)16-8-5-4-6-9-16/h4-6,8-9,15H,3,7,10-14H2,1-2H3,(H2,19,20,21). The predicted octanol–water partition coefficient (Wildman–Crippen LogP) is 1.03. The summed E-state index contributed by atoms with van der Waals surface area (Å²) in [6.07, 6.45) is 1.90. The molecule has 1 aromatic rings. The van der Waals surface area contributed by atoms with E-state index in [0.29, 0.717) is 36.8 Å². The third-order valence-corrected chi connectivity index (χ3v) is 6.21. The molecule has 26 heavy (non-hydrogen) atoms. The first-order valence-corrected chi connectivity index (χ1v) is 10.6. The molecule has 1 atom stereocenters. The molecule has 1 fully saturated rings. The monoisotopic (exact) mass is 380 g/mol. The van der Waals surface area contributed by atoms with Crippen LogP contribution >= 0.6 is 0 Å². The van der Waals surface area contributed by atoms with Gasteiger partial charge < -0.3 is 15.5 Å². The van der Waals surface area contributed by atoms with E-state index in [0.717, 1.165) is 13.0 Å². The van der Waals surface area contributed by atoms with Gasteiger partial charge in [-0.15, -0.1) is 0 Å². The number of sulfone groups is 1. The van der Waals surface area contributed by atoms with Crippen LogP contribution in [0.25, 0.3) is 0 Å². The number of nitrogens with zero attached hydrogens (tertiary/aromatic N) is 2. The van der Waals surface area contributed by atoms with Crippen LogP contribution in [0.1, 0.15) is 26.2 Å². The van der Waals surface area contributed by atoms with E-state index in [9.17, 15) is 13.2 Å². The summed E-state index contributed by atoms with van der Waals surface area (Å²) < 4.78 is 24.5. The summed E-state index contributed by atoms with van der Waals surface area (Å²) in [4.78, 5) is 18.1. The second-order valence-electron chi connectivity index (χ2n) is 6.31. The highest BCUT2D eigenvalue weighted by atomic mass is 32.2. The molecule has 1 unspecified atom stereocenters. The number of nitrogens with one attached hydrogen (secondary N) is 2. The molecule has 0 saturated carbocycles. The number of carbonyl (C=O) groups excluding carboxylic acids is 1. The summed E-state index contributed by atoms with van der Waals surface area (Å²) in [6.45, 7) is 3.82. The molecule has 1 heterocycles. The van der Waals surface area contributed by atoms with Crippen LogP contribution in [-0.4, -0.2) is 63.7 Å². The zero-order chi connectivity index (χ0) is 19.0. The Hall–Kier alpha value is -2.09. The summed E-state index contributed by atoms with van der Waals surface area (Å²) in [5, 5.41) is 6.45. The molecule has 2 rings (SSSR count). The molecule has 0 radical (unpaired) electrons. The fourth-order valence-corrected chi connectivity index (χ4v) is 4.26. The first kappa shape index (κ1) is 20.2. The van der Waals surface area contributed by atoms with Crippen LogP contribution in [-0.2, 0) is 14.6 Å². The van der Waals surface area contributed by atoms with E-state index < -0.39 is 9.84 Å². The molecule has 0 bridgehead atoms. The number of carbonyl (C=O) groups is 1. The average molecular weight is 381 g/mol. The Kier molecular flexibility index (Phi) is 7.44. The van der Waals surface area contributed by atoms with Crippen LogP contribution in [0, 0.1) is 0 Å². The number of hydrogen-bond acceptors (Lipinski definition) is 4. The van der Waals surface area contributed by atoms with Crippen LogP contribution in [0.4, 0.5) is 0 Å². The van der Waals surface area contributed by atoms with Crippen molar-refractivity contribution in [3.63, 3.8) is 0 Å². The molecule has 144 valence electrons. The van der Waals surface area contributed by atoms with Gasteiger partial charge in [-0.25, -0.2) is 8.42 Å². The van der Waals surface area contributed by atoms with E-state index in [4.69, 9.17) is 0 Å². The smallest absolute Gasteiger partial charge is 0.222 e. The summed E-state index contributed by atoms with van der Waals surface area (Å²) in [6, 6.07) is 8.66. The first-order valence-electron chi connectivity index (χ1n) is 8.99. The molecule has 1 saturated heterocycles. The molecule has 1 amide bonds. The minimum atomic E-state index is -3.25. The van der Waals surface area contributed by atoms with Crippen molar-refractivity contribution < 1.29 is 13.2 Å². The van der Waals surface area contributed by atoms with E-state index in [-0.39, 0.29) is 17.7 Å². The maximum absolute atomic E-state index is 12.2. The van der Waals surface area contributed by atoms with Crippen LogP contribution in [0.2, 0.25) is 0 Å². The maximum Gasteiger partial charge on any atom is 0.222 e. The highest BCUT2D eigenvalue weighted by molar-refractivity contribution is 7.91. The number of hydrogen-bond donors (Lipinski definition) is 2. The lowest BCUT2D eigenvalue weighted by Gasteiger charge is -2.18. The van der Waals surface area contributed by atoms with Crippen molar-refractivity contribution in [2.75, 3.05) is 32.4 Å². The van der Waals surface area contributed by atoms with Gasteiger partial charge in [0.2, 0.25) is 5.91 Å². The maximum atomic E-state index is 12.2. The lowest BCUT2D eigenvalue weighted by atomic mass is 10.3. The SMILES string of the molecule is CCC(=O)N1CCC(NC(=NC)NCCCS(=O)(=O)c2ccccc2)C1. The molecular weight excluding hydrogens is 352 g/mol. The zero-order valence-electron chi connectivity index (χ0n) is 15.4. The third kappa shape index (κ3) is 5.72. The van der Waals surface area contributed by atoms with Crippen molar-refractivity contribution in [2.45, 2.75) is 37.1 Å². The lowest BCUT2D eigenvalue weighted by molar-refractivity contribution is -0.129. The number of likely N-dealkylation sites (tertiary alicyclic amines) is 1. The Labute approximate surface area is 155 Å². The van der Waals surface area contributed by atoms with Crippen LogP contribution in [0.15, 0.2) is 40.2 Å². The van der Waals surface area contributed by atoms with Gasteiger partial charge in [0.05, 0.1) is 10.6 Å². The van der Waals surface area contributed by atoms with Crippen LogP contribution in [0.5, 0.6) is 0 Å². The van der Waals surface area contributed by atoms with E-state index in [1.54, 1.807) is 37.4 Å². The van der Waals surface area contributed by atoms with Gasteiger partial charge in [-0.1, -0.05) is 25.1 Å². The number of benzene rings is 1. The Morgan fingerprint density at radius 1 is 1.31 bits per heavy atom. The molecule has 1 aliphatic heterocycles. The van der Waals surface area contributed by atoms with Crippen molar-refractivity contribution in [2.24, 2.45) is 4.99 Å². The second kappa shape index (κ2) is 9.56. The normalized spacial score (nSPS) is 18.0. The van der Waals surface area contributed by atoms with Crippen molar-refractivity contribution >= 4 is 21.7 Å². The molecule has 0 spiro atoms. The fraction of sp³-hybridized carbons (Fsp3) is 0.556. The molecule has 2 N–H and O–H groups in total. The largest absolute Gasteiger partial charge is 0.356 e. The van der Waals surface area contributed by atoms with Gasteiger partial charge in [0, 0.05) is 39.1 Å². The lowest BCUT2D eigenvalue weighted by Crippen LogP contribution is -2.45. The van der Waals surface area contributed by atoms with Gasteiger partial charge in [-0.05, 0) is 25.0 Å². The Morgan fingerprint density at radius 2 is 2.04 bits per heavy atom. The van der Waals surface area contributed by atoms with Crippen molar-refractivity contribution in [1.82, 2.24) is 15.5 Å². The van der Waals surface area contributed by atoms with Gasteiger partial charge in [0.25, 0.3) is 0 Å². The van der Waals surface area contributed by atoms with E-state index in [1.807, 2.05) is 11.8 Å². The van der Waals surface area contributed by atoms with Gasteiger partial charge in [-0.3, -0.25) is 9.79 Å². The highest BCUT2D eigenvalue weighted by Crippen LogP contribution is 2.11. The molecule has 7 nitrogen and oxygen atoms in total. The van der Waals surface area contributed by atoms with Crippen molar-refractivity contribution in [3.05, 3.63) is 30.3 Å². The predicted molar refractivity (Wildman–Crippen MR) is 103 cm³/mol. The first-order chi connectivity index (χ1) is 12.5. The molecular formula is C18H28N4O3S. The van der Waals surface area contributed by atoms with E-state index >= 15 is 0 Å². The molecule has 0 aliphatic carbocycles. The van der Waals surface area contributed by atoms with Gasteiger partial charge in [-0.2, -0.15) is 0 Å². The Bertz CT molecular complexity index is 719. The van der Waals surface area contributed by atoms with Gasteiger partial charge in [0.1, 0.15) is 0 Å². The quantitative estimate of drug-likeness (QED) is 0.419. The van der Waals surface area contributed by atoms with Crippen LogP contribution < -0.4 is 10.6 Å².